The van der Waals surface area contributed by atoms with Gasteiger partial charge in [0.15, 0.2) is 0 Å². The molecule has 2 aromatic carbocycles. The molecule has 3 aromatic rings. The lowest BCUT2D eigenvalue weighted by molar-refractivity contribution is 0.0950. The van der Waals surface area contributed by atoms with E-state index < -0.39 is 0 Å². The zero-order chi connectivity index (χ0) is 17.1. The number of fused-ring (bicyclic) bond motifs is 1. The van der Waals surface area contributed by atoms with Crippen LogP contribution in [0.15, 0.2) is 42.7 Å². The Kier molecular flexibility index (Phi) is 4.37. The molecule has 0 spiro atoms. The van der Waals surface area contributed by atoms with Crippen molar-refractivity contribution in [3.05, 3.63) is 53.9 Å². The molecule has 124 valence electrons. The van der Waals surface area contributed by atoms with Gasteiger partial charge >= 0.3 is 0 Å². The summed E-state index contributed by atoms with van der Waals surface area (Å²) in [5, 5.41) is 2.90. The van der Waals surface area contributed by atoms with Gasteiger partial charge in [0.1, 0.15) is 11.5 Å². The molecule has 0 unspecified atom stereocenters. The molecule has 0 saturated carbocycles. The second-order valence-corrected chi connectivity index (χ2v) is 5.38. The van der Waals surface area contributed by atoms with Gasteiger partial charge in [-0.25, -0.2) is 4.98 Å². The van der Waals surface area contributed by atoms with Gasteiger partial charge in [0.2, 0.25) is 0 Å². The number of carbonyl (C=O) groups is 1. The monoisotopic (exact) mass is 325 g/mol. The van der Waals surface area contributed by atoms with E-state index in [4.69, 9.17) is 9.47 Å². The van der Waals surface area contributed by atoms with Crippen molar-refractivity contribution in [3.8, 4) is 11.5 Å². The minimum absolute atomic E-state index is 0.171. The Labute approximate surface area is 140 Å². The maximum Gasteiger partial charge on any atom is 0.251 e. The first kappa shape index (κ1) is 15.9. The first-order chi connectivity index (χ1) is 11.6. The SMILES string of the molecule is COc1cccc(OC)c1CNC(=O)c1ccc2c(c1)ncn2C. The molecule has 1 aromatic heterocycles. The third kappa shape index (κ3) is 2.90. The van der Waals surface area contributed by atoms with Crippen LogP contribution in [-0.2, 0) is 13.6 Å². The third-order valence-corrected chi connectivity index (χ3v) is 3.94. The fourth-order valence-corrected chi connectivity index (χ4v) is 2.65. The van der Waals surface area contributed by atoms with Gasteiger partial charge < -0.3 is 19.4 Å². The second-order valence-electron chi connectivity index (χ2n) is 5.38. The molecule has 3 rings (SSSR count). The van der Waals surface area contributed by atoms with Crippen LogP contribution in [0.2, 0.25) is 0 Å². The van der Waals surface area contributed by atoms with Crippen LogP contribution in [0.4, 0.5) is 0 Å². The molecular weight excluding hydrogens is 306 g/mol. The summed E-state index contributed by atoms with van der Waals surface area (Å²) in [6.45, 7) is 0.312. The first-order valence-electron chi connectivity index (χ1n) is 7.53. The Morgan fingerprint density at radius 3 is 2.54 bits per heavy atom. The molecule has 6 heteroatoms. The summed E-state index contributed by atoms with van der Waals surface area (Å²) in [6.07, 6.45) is 1.73. The van der Waals surface area contributed by atoms with Gasteiger partial charge in [-0.15, -0.1) is 0 Å². The summed E-state index contributed by atoms with van der Waals surface area (Å²) >= 11 is 0. The van der Waals surface area contributed by atoms with Crippen molar-refractivity contribution in [2.45, 2.75) is 6.54 Å². The predicted molar refractivity (Wildman–Crippen MR) is 91.4 cm³/mol. The van der Waals surface area contributed by atoms with Crippen molar-refractivity contribution in [2.24, 2.45) is 7.05 Å². The molecule has 1 N–H and O–H groups in total. The van der Waals surface area contributed by atoms with Crippen molar-refractivity contribution in [2.75, 3.05) is 14.2 Å². The Bertz CT molecular complexity index is 864. The number of amides is 1. The lowest BCUT2D eigenvalue weighted by Gasteiger charge is -2.13. The van der Waals surface area contributed by atoms with Crippen LogP contribution in [-0.4, -0.2) is 29.7 Å². The number of imidazole rings is 1. The maximum atomic E-state index is 12.4. The molecule has 6 nitrogen and oxygen atoms in total. The average molecular weight is 325 g/mol. The number of rotatable bonds is 5. The minimum atomic E-state index is -0.171. The summed E-state index contributed by atoms with van der Waals surface area (Å²) < 4.78 is 12.6. The van der Waals surface area contributed by atoms with E-state index in [2.05, 4.69) is 10.3 Å². The highest BCUT2D eigenvalue weighted by Crippen LogP contribution is 2.28. The zero-order valence-corrected chi connectivity index (χ0v) is 13.9. The normalized spacial score (nSPS) is 10.6. The smallest absolute Gasteiger partial charge is 0.251 e. The van der Waals surface area contributed by atoms with E-state index in [1.807, 2.05) is 35.9 Å². The van der Waals surface area contributed by atoms with E-state index in [1.54, 1.807) is 32.7 Å². The molecule has 0 aliphatic heterocycles. The first-order valence-corrected chi connectivity index (χ1v) is 7.53. The fourth-order valence-electron chi connectivity index (χ4n) is 2.65. The quantitative estimate of drug-likeness (QED) is 0.783. The fraction of sp³-hybridized carbons (Fsp3) is 0.222. The van der Waals surface area contributed by atoms with E-state index in [9.17, 15) is 4.79 Å². The summed E-state index contributed by atoms with van der Waals surface area (Å²) in [6, 6.07) is 11.0. The zero-order valence-electron chi connectivity index (χ0n) is 13.9. The number of benzene rings is 2. The molecule has 0 saturated heterocycles. The molecule has 0 fully saturated rings. The van der Waals surface area contributed by atoms with E-state index in [-0.39, 0.29) is 5.91 Å². The summed E-state index contributed by atoms with van der Waals surface area (Å²) in [5.74, 6) is 1.18. The van der Waals surface area contributed by atoms with Crippen molar-refractivity contribution < 1.29 is 14.3 Å². The Balaban J connectivity index is 1.80. The lowest BCUT2D eigenvalue weighted by Crippen LogP contribution is -2.23. The van der Waals surface area contributed by atoms with Crippen LogP contribution in [0.25, 0.3) is 11.0 Å². The lowest BCUT2D eigenvalue weighted by atomic mass is 10.1. The third-order valence-electron chi connectivity index (χ3n) is 3.94. The molecule has 0 bridgehead atoms. The second kappa shape index (κ2) is 6.62. The number of nitrogens with zero attached hydrogens (tertiary/aromatic N) is 2. The summed E-state index contributed by atoms with van der Waals surface area (Å²) in [7, 11) is 5.10. The molecule has 0 aliphatic rings. The van der Waals surface area contributed by atoms with Crippen molar-refractivity contribution in [3.63, 3.8) is 0 Å². The highest BCUT2D eigenvalue weighted by atomic mass is 16.5. The van der Waals surface area contributed by atoms with Gasteiger partial charge in [0.05, 0.1) is 43.7 Å². The number of aryl methyl sites for hydroxylation is 1. The number of carbonyl (C=O) groups excluding carboxylic acids is 1. The van der Waals surface area contributed by atoms with Gasteiger partial charge in [-0.1, -0.05) is 6.07 Å². The topological polar surface area (TPSA) is 65.4 Å². The van der Waals surface area contributed by atoms with Crippen molar-refractivity contribution in [1.82, 2.24) is 14.9 Å². The van der Waals surface area contributed by atoms with Crippen LogP contribution in [0.3, 0.4) is 0 Å². The maximum absolute atomic E-state index is 12.4. The standard InChI is InChI=1S/C18H19N3O3/c1-21-11-20-14-9-12(7-8-15(14)21)18(22)19-10-13-16(23-2)5-4-6-17(13)24-3/h4-9,11H,10H2,1-3H3,(H,19,22). The van der Waals surface area contributed by atoms with E-state index >= 15 is 0 Å². The minimum Gasteiger partial charge on any atom is -0.496 e. The Hall–Kier alpha value is -3.02. The number of aromatic nitrogens is 2. The van der Waals surface area contributed by atoms with Crippen LogP contribution in [0.1, 0.15) is 15.9 Å². The van der Waals surface area contributed by atoms with Gasteiger partial charge in [0.25, 0.3) is 5.91 Å². The number of methoxy groups -OCH3 is 2. The predicted octanol–water partition coefficient (Wildman–Crippen LogP) is 2.52. The van der Waals surface area contributed by atoms with Crippen molar-refractivity contribution in [1.29, 1.82) is 0 Å². The van der Waals surface area contributed by atoms with Gasteiger partial charge in [-0.05, 0) is 30.3 Å². The van der Waals surface area contributed by atoms with Crippen LogP contribution in [0, 0.1) is 0 Å². The molecule has 24 heavy (non-hydrogen) atoms. The molecule has 0 aliphatic carbocycles. The number of nitrogens with one attached hydrogen (secondary N) is 1. The Morgan fingerprint density at radius 2 is 1.88 bits per heavy atom. The number of hydrogen-bond acceptors (Lipinski definition) is 4. The van der Waals surface area contributed by atoms with Crippen molar-refractivity contribution >= 4 is 16.9 Å². The molecule has 1 amide bonds. The summed E-state index contributed by atoms with van der Waals surface area (Å²) in [5.41, 5.74) is 3.14. The highest BCUT2D eigenvalue weighted by molar-refractivity contribution is 5.97. The average Bonchev–Trinajstić information content (AvgIpc) is 2.99. The van der Waals surface area contributed by atoms with Crippen LogP contribution in [0.5, 0.6) is 11.5 Å². The van der Waals surface area contributed by atoms with Gasteiger partial charge in [-0.2, -0.15) is 0 Å². The molecule has 0 radical (unpaired) electrons. The number of ether oxygens (including phenoxy) is 2. The Morgan fingerprint density at radius 1 is 1.17 bits per heavy atom. The largest absolute Gasteiger partial charge is 0.496 e. The van der Waals surface area contributed by atoms with Gasteiger partial charge in [0, 0.05) is 12.6 Å². The molecular formula is C18H19N3O3. The highest BCUT2D eigenvalue weighted by Gasteiger charge is 2.13. The molecule has 0 atom stereocenters. The molecule has 1 heterocycles. The van der Waals surface area contributed by atoms with E-state index in [0.29, 0.717) is 23.6 Å². The summed E-state index contributed by atoms with van der Waals surface area (Å²) in [4.78, 5) is 16.7. The van der Waals surface area contributed by atoms with Crippen LogP contribution < -0.4 is 14.8 Å². The van der Waals surface area contributed by atoms with E-state index in [1.165, 1.54) is 0 Å². The van der Waals surface area contributed by atoms with E-state index in [0.717, 1.165) is 16.6 Å². The number of hydrogen-bond donors (Lipinski definition) is 1. The van der Waals surface area contributed by atoms with Crippen LogP contribution >= 0.6 is 0 Å². The van der Waals surface area contributed by atoms with Gasteiger partial charge in [-0.3, -0.25) is 4.79 Å².